The molecule has 2 fully saturated rings. The molecule has 0 unspecified atom stereocenters. The van der Waals surface area contributed by atoms with Gasteiger partial charge in [0.25, 0.3) is 11.8 Å². The van der Waals surface area contributed by atoms with Gasteiger partial charge in [0.15, 0.2) is 3.92 Å². The molecule has 0 saturated carbocycles. The number of amides is 2. The Morgan fingerprint density at radius 2 is 2.04 bits per heavy atom. The molecular weight excluding hydrogens is 462 g/mol. The van der Waals surface area contributed by atoms with Gasteiger partial charge in [-0.05, 0) is 34.1 Å². The van der Waals surface area contributed by atoms with Crippen molar-refractivity contribution in [3.63, 3.8) is 0 Å². The number of likely N-dealkylation sites (tertiary alicyclic amines) is 2. The largest absolute Gasteiger partial charge is 0.345 e. The molecule has 2 aromatic heterocycles. The van der Waals surface area contributed by atoms with Crippen molar-refractivity contribution in [1.29, 1.82) is 0 Å². The van der Waals surface area contributed by atoms with E-state index in [0.29, 0.717) is 17.3 Å². The molecule has 0 spiro atoms. The lowest BCUT2D eigenvalue weighted by molar-refractivity contribution is -0.00943. The van der Waals surface area contributed by atoms with Crippen molar-refractivity contribution in [2.45, 2.75) is 12.1 Å². The second-order valence-corrected chi connectivity index (χ2v) is 10.0. The van der Waals surface area contributed by atoms with Crippen LogP contribution in [0.5, 0.6) is 0 Å². The average molecular weight is 478 g/mol. The van der Waals surface area contributed by atoms with Crippen molar-refractivity contribution < 1.29 is 9.59 Å². The van der Waals surface area contributed by atoms with Crippen molar-refractivity contribution in [1.82, 2.24) is 25.1 Å². The Balaban J connectivity index is 1.12. The SMILES string of the molecule is O=C(NC1CN(C2CN(C(=O)c3ccc4nc(Br)sc4c3)C2)C1)c1cscn1. The zero-order valence-corrected chi connectivity index (χ0v) is 17.9. The lowest BCUT2D eigenvalue weighted by atomic mass is 9.98. The van der Waals surface area contributed by atoms with E-state index >= 15 is 0 Å². The third-order valence-corrected chi connectivity index (χ3v) is 7.24. The van der Waals surface area contributed by atoms with Crippen molar-refractivity contribution in [2.24, 2.45) is 0 Å². The number of carbonyl (C=O) groups is 2. The van der Waals surface area contributed by atoms with E-state index in [1.165, 1.54) is 22.7 Å². The Hall–Kier alpha value is -1.88. The molecule has 1 N–H and O–H groups in total. The highest BCUT2D eigenvalue weighted by molar-refractivity contribution is 9.11. The summed E-state index contributed by atoms with van der Waals surface area (Å²) < 4.78 is 1.83. The molecular formula is C18H16BrN5O2S2. The van der Waals surface area contributed by atoms with Gasteiger partial charge in [-0.25, -0.2) is 9.97 Å². The second kappa shape index (κ2) is 7.18. The Morgan fingerprint density at radius 3 is 2.79 bits per heavy atom. The number of hydrogen-bond donors (Lipinski definition) is 1. The maximum Gasteiger partial charge on any atom is 0.271 e. The van der Waals surface area contributed by atoms with Gasteiger partial charge < -0.3 is 10.2 Å². The van der Waals surface area contributed by atoms with E-state index in [0.717, 1.165) is 40.3 Å². The standard InChI is InChI=1S/C18H16BrN5O2S2/c19-18-22-13-2-1-10(3-15(13)28-18)17(26)24-6-12(7-24)23-4-11(5-23)21-16(25)14-8-27-9-20-14/h1-3,8-9,11-12H,4-7H2,(H,21,25). The molecule has 2 aliphatic heterocycles. The van der Waals surface area contributed by atoms with Crippen LogP contribution < -0.4 is 5.32 Å². The fraction of sp³-hybridized carbons (Fsp3) is 0.333. The molecule has 2 aliphatic rings. The first-order chi connectivity index (χ1) is 13.6. The zero-order valence-electron chi connectivity index (χ0n) is 14.7. The molecule has 2 saturated heterocycles. The number of halogens is 1. The van der Waals surface area contributed by atoms with Gasteiger partial charge in [-0.2, -0.15) is 0 Å². The normalized spacial score (nSPS) is 18.1. The molecule has 4 heterocycles. The van der Waals surface area contributed by atoms with E-state index in [-0.39, 0.29) is 17.9 Å². The van der Waals surface area contributed by atoms with Crippen LogP contribution in [-0.4, -0.2) is 69.8 Å². The monoisotopic (exact) mass is 477 g/mol. The van der Waals surface area contributed by atoms with Crippen LogP contribution in [0.2, 0.25) is 0 Å². The molecule has 1 aromatic carbocycles. The van der Waals surface area contributed by atoms with Crippen molar-refractivity contribution >= 4 is 60.6 Å². The fourth-order valence-electron chi connectivity index (χ4n) is 3.55. The minimum Gasteiger partial charge on any atom is -0.345 e. The molecule has 3 aromatic rings. The van der Waals surface area contributed by atoms with Gasteiger partial charge in [0.05, 0.1) is 21.8 Å². The number of carbonyl (C=O) groups excluding carboxylic acids is 2. The van der Waals surface area contributed by atoms with Gasteiger partial charge in [-0.3, -0.25) is 14.5 Å². The number of benzene rings is 1. The summed E-state index contributed by atoms with van der Waals surface area (Å²) in [6.07, 6.45) is 0. The summed E-state index contributed by atoms with van der Waals surface area (Å²) in [4.78, 5) is 37.3. The smallest absolute Gasteiger partial charge is 0.271 e. The van der Waals surface area contributed by atoms with Gasteiger partial charge in [-0.1, -0.05) is 0 Å². The lowest BCUT2D eigenvalue weighted by Gasteiger charge is -2.51. The number of hydrogen-bond acceptors (Lipinski definition) is 7. The number of aromatic nitrogens is 2. The molecule has 28 heavy (non-hydrogen) atoms. The summed E-state index contributed by atoms with van der Waals surface area (Å²) in [5.74, 6) is -0.0435. The summed E-state index contributed by atoms with van der Waals surface area (Å²) in [5.41, 5.74) is 3.75. The number of nitrogens with one attached hydrogen (secondary N) is 1. The van der Waals surface area contributed by atoms with Crippen LogP contribution in [0, 0.1) is 0 Å². The third-order valence-electron chi connectivity index (χ3n) is 5.19. The van der Waals surface area contributed by atoms with E-state index in [1.54, 1.807) is 10.9 Å². The number of nitrogens with zero attached hydrogens (tertiary/aromatic N) is 4. The minimum absolute atomic E-state index is 0.0663. The summed E-state index contributed by atoms with van der Waals surface area (Å²) in [5, 5.41) is 4.76. The number of thiazole rings is 2. The maximum absolute atomic E-state index is 12.7. The molecule has 0 atom stereocenters. The quantitative estimate of drug-likeness (QED) is 0.624. The number of rotatable bonds is 4. The minimum atomic E-state index is -0.110. The Labute approximate surface area is 177 Å². The van der Waals surface area contributed by atoms with E-state index in [2.05, 4.69) is 36.1 Å². The Morgan fingerprint density at radius 1 is 1.21 bits per heavy atom. The molecule has 10 heteroatoms. The summed E-state index contributed by atoms with van der Waals surface area (Å²) >= 11 is 6.33. The fourth-order valence-corrected chi connectivity index (χ4v) is 5.53. The molecule has 7 nitrogen and oxygen atoms in total. The van der Waals surface area contributed by atoms with E-state index < -0.39 is 0 Å². The summed E-state index contributed by atoms with van der Waals surface area (Å²) in [6, 6.07) is 6.19. The lowest BCUT2D eigenvalue weighted by Crippen LogP contribution is -2.70. The molecule has 144 valence electrons. The second-order valence-electron chi connectivity index (χ2n) is 7.01. The predicted octanol–water partition coefficient (Wildman–Crippen LogP) is 2.45. The predicted molar refractivity (Wildman–Crippen MR) is 112 cm³/mol. The number of fused-ring (bicyclic) bond motifs is 1. The molecule has 0 radical (unpaired) electrons. The van der Waals surface area contributed by atoms with Crippen LogP contribution in [0.25, 0.3) is 10.2 Å². The van der Waals surface area contributed by atoms with Crippen LogP contribution in [0.15, 0.2) is 33.0 Å². The van der Waals surface area contributed by atoms with Crippen molar-refractivity contribution in [2.75, 3.05) is 26.2 Å². The molecule has 2 amide bonds. The summed E-state index contributed by atoms with van der Waals surface area (Å²) in [7, 11) is 0. The first-order valence-corrected chi connectivity index (χ1v) is 11.4. The van der Waals surface area contributed by atoms with Gasteiger partial charge in [0.1, 0.15) is 5.69 Å². The topological polar surface area (TPSA) is 78.4 Å². The van der Waals surface area contributed by atoms with Gasteiger partial charge in [0.2, 0.25) is 0 Å². The molecule has 5 rings (SSSR count). The van der Waals surface area contributed by atoms with Crippen LogP contribution in [-0.2, 0) is 0 Å². The average Bonchev–Trinajstić information content (AvgIpc) is 3.25. The van der Waals surface area contributed by atoms with E-state index in [4.69, 9.17) is 0 Å². The van der Waals surface area contributed by atoms with E-state index in [1.807, 2.05) is 23.1 Å². The Bertz CT molecular complexity index is 1040. The van der Waals surface area contributed by atoms with Gasteiger partial charge >= 0.3 is 0 Å². The maximum atomic E-state index is 12.7. The molecule has 0 bridgehead atoms. The van der Waals surface area contributed by atoms with Crippen LogP contribution in [0.3, 0.4) is 0 Å². The highest BCUT2D eigenvalue weighted by atomic mass is 79.9. The summed E-state index contributed by atoms with van der Waals surface area (Å²) in [6.45, 7) is 3.11. The Kier molecular flexibility index (Phi) is 4.66. The van der Waals surface area contributed by atoms with Crippen LogP contribution >= 0.6 is 38.6 Å². The van der Waals surface area contributed by atoms with Gasteiger partial charge in [0, 0.05) is 43.2 Å². The van der Waals surface area contributed by atoms with E-state index in [9.17, 15) is 9.59 Å². The van der Waals surface area contributed by atoms with Gasteiger partial charge in [-0.15, -0.1) is 22.7 Å². The zero-order chi connectivity index (χ0) is 19.3. The highest BCUT2D eigenvalue weighted by Gasteiger charge is 2.41. The van der Waals surface area contributed by atoms with Crippen molar-refractivity contribution in [3.8, 4) is 0 Å². The third kappa shape index (κ3) is 3.34. The van der Waals surface area contributed by atoms with Crippen LogP contribution in [0.1, 0.15) is 20.8 Å². The van der Waals surface area contributed by atoms with Crippen molar-refractivity contribution in [3.05, 3.63) is 44.3 Å². The van der Waals surface area contributed by atoms with Crippen LogP contribution in [0.4, 0.5) is 0 Å². The first kappa shape index (κ1) is 18.2. The highest BCUT2D eigenvalue weighted by Crippen LogP contribution is 2.28. The first-order valence-electron chi connectivity index (χ1n) is 8.85. The molecule has 0 aliphatic carbocycles.